The van der Waals surface area contributed by atoms with Gasteiger partial charge in [-0.25, -0.2) is 0 Å². The van der Waals surface area contributed by atoms with Gasteiger partial charge in [-0.3, -0.25) is 0 Å². The number of hydrogen-bond donors (Lipinski definition) is 0. The molecular formula is C13H9FS. The van der Waals surface area contributed by atoms with Crippen LogP contribution in [0.25, 0.3) is 11.1 Å². The standard InChI is InChI=1S/C13H9FS/c14-15-11-5-6-13-10(8-11)7-9-3-1-2-4-12(9)13/h1-6,8H,7H2. The highest BCUT2D eigenvalue weighted by Gasteiger charge is 2.17. The third-order valence-corrected chi connectivity index (χ3v) is 3.29. The number of halogens is 1. The van der Waals surface area contributed by atoms with Crippen molar-refractivity contribution in [2.45, 2.75) is 11.3 Å². The van der Waals surface area contributed by atoms with Gasteiger partial charge in [-0.1, -0.05) is 30.3 Å². The third kappa shape index (κ3) is 1.37. The van der Waals surface area contributed by atoms with Gasteiger partial charge in [0.05, 0.1) is 12.1 Å². The maximum atomic E-state index is 12.4. The lowest BCUT2D eigenvalue weighted by Crippen LogP contribution is -1.79. The van der Waals surface area contributed by atoms with E-state index in [0.29, 0.717) is 17.0 Å². The Morgan fingerprint density at radius 2 is 1.73 bits per heavy atom. The molecule has 2 aromatic rings. The van der Waals surface area contributed by atoms with Gasteiger partial charge in [0, 0.05) is 4.90 Å². The molecule has 0 saturated carbocycles. The summed E-state index contributed by atoms with van der Waals surface area (Å²) in [7, 11) is 0. The molecule has 0 spiro atoms. The molecule has 0 atom stereocenters. The molecule has 0 aromatic heterocycles. The van der Waals surface area contributed by atoms with Crippen LogP contribution in [0.1, 0.15) is 11.1 Å². The number of benzene rings is 2. The Morgan fingerprint density at radius 3 is 2.60 bits per heavy atom. The lowest BCUT2D eigenvalue weighted by molar-refractivity contribution is 0.933. The normalized spacial score (nSPS) is 12.3. The van der Waals surface area contributed by atoms with E-state index in [4.69, 9.17) is 0 Å². The van der Waals surface area contributed by atoms with Gasteiger partial charge in [0.2, 0.25) is 0 Å². The summed E-state index contributed by atoms with van der Waals surface area (Å²) in [5.74, 6) is 0. The summed E-state index contributed by atoms with van der Waals surface area (Å²) in [4.78, 5) is 0.696. The van der Waals surface area contributed by atoms with E-state index in [9.17, 15) is 3.89 Å². The lowest BCUT2D eigenvalue weighted by Gasteiger charge is -2.00. The molecule has 0 fully saturated rings. The summed E-state index contributed by atoms with van der Waals surface area (Å²) < 4.78 is 12.4. The van der Waals surface area contributed by atoms with Crippen LogP contribution in [-0.4, -0.2) is 0 Å². The fraction of sp³-hybridized carbons (Fsp3) is 0.0769. The predicted molar refractivity (Wildman–Crippen MR) is 61.6 cm³/mol. The molecule has 74 valence electrons. The second-order valence-electron chi connectivity index (χ2n) is 3.73. The summed E-state index contributed by atoms with van der Waals surface area (Å²) in [6, 6.07) is 14.2. The molecule has 0 saturated heterocycles. The van der Waals surface area contributed by atoms with Crippen LogP contribution in [0.4, 0.5) is 3.89 Å². The van der Waals surface area contributed by atoms with Gasteiger partial charge in [-0.2, -0.15) is 3.89 Å². The zero-order valence-corrected chi connectivity index (χ0v) is 8.85. The van der Waals surface area contributed by atoms with Gasteiger partial charge < -0.3 is 0 Å². The van der Waals surface area contributed by atoms with Crippen molar-refractivity contribution in [2.24, 2.45) is 0 Å². The minimum Gasteiger partial charge on any atom is -0.160 e. The van der Waals surface area contributed by atoms with E-state index in [0.717, 1.165) is 6.42 Å². The van der Waals surface area contributed by atoms with Crippen molar-refractivity contribution in [3.05, 3.63) is 53.6 Å². The van der Waals surface area contributed by atoms with E-state index in [2.05, 4.69) is 18.2 Å². The van der Waals surface area contributed by atoms with Crippen molar-refractivity contribution >= 4 is 12.1 Å². The third-order valence-electron chi connectivity index (χ3n) is 2.85. The number of rotatable bonds is 1. The Bertz CT molecular complexity index is 520. The first kappa shape index (κ1) is 8.98. The molecule has 3 rings (SSSR count). The van der Waals surface area contributed by atoms with E-state index in [1.54, 1.807) is 0 Å². The van der Waals surface area contributed by atoms with Crippen LogP contribution >= 0.6 is 12.1 Å². The highest BCUT2D eigenvalue weighted by molar-refractivity contribution is 7.94. The number of fused-ring (bicyclic) bond motifs is 3. The molecule has 2 heteroatoms. The second-order valence-corrected chi connectivity index (χ2v) is 4.36. The Hall–Kier alpha value is -1.28. The maximum absolute atomic E-state index is 12.4. The molecule has 0 bridgehead atoms. The molecule has 0 amide bonds. The summed E-state index contributed by atoms with van der Waals surface area (Å²) in [5, 5.41) is 0. The van der Waals surface area contributed by atoms with Crippen LogP contribution in [0.3, 0.4) is 0 Å². The molecule has 1 aliphatic carbocycles. The molecule has 0 heterocycles. The average molecular weight is 216 g/mol. The van der Waals surface area contributed by atoms with E-state index >= 15 is 0 Å². The van der Waals surface area contributed by atoms with E-state index in [1.165, 1.54) is 22.3 Å². The average Bonchev–Trinajstić information content (AvgIpc) is 2.66. The summed E-state index contributed by atoms with van der Waals surface area (Å²) in [6.45, 7) is 0. The van der Waals surface area contributed by atoms with Crippen molar-refractivity contribution in [1.29, 1.82) is 0 Å². The van der Waals surface area contributed by atoms with Crippen molar-refractivity contribution in [3.63, 3.8) is 0 Å². The van der Waals surface area contributed by atoms with Crippen molar-refractivity contribution in [3.8, 4) is 11.1 Å². The fourth-order valence-corrected chi connectivity index (χ4v) is 2.48. The highest BCUT2D eigenvalue weighted by atomic mass is 32.2. The zero-order chi connectivity index (χ0) is 10.3. The lowest BCUT2D eigenvalue weighted by atomic mass is 10.1. The summed E-state index contributed by atoms with van der Waals surface area (Å²) in [6.07, 6.45) is 0.930. The Balaban J connectivity index is 2.18. The molecular weight excluding hydrogens is 207 g/mol. The molecule has 0 aliphatic heterocycles. The molecule has 0 nitrogen and oxygen atoms in total. The van der Waals surface area contributed by atoms with Crippen molar-refractivity contribution < 1.29 is 3.89 Å². The van der Waals surface area contributed by atoms with E-state index in [1.807, 2.05) is 24.3 Å². The van der Waals surface area contributed by atoms with Gasteiger partial charge in [-0.05, 0) is 40.8 Å². The van der Waals surface area contributed by atoms with Gasteiger partial charge in [0.25, 0.3) is 0 Å². The molecule has 0 N–H and O–H groups in total. The molecule has 0 unspecified atom stereocenters. The first-order valence-electron chi connectivity index (χ1n) is 4.88. The molecule has 1 aliphatic rings. The summed E-state index contributed by atoms with van der Waals surface area (Å²) >= 11 is 0.314. The summed E-state index contributed by atoms with van der Waals surface area (Å²) in [5.41, 5.74) is 5.12. The van der Waals surface area contributed by atoms with Crippen LogP contribution in [0.2, 0.25) is 0 Å². The SMILES string of the molecule is FSc1ccc2c(c1)Cc1ccccc1-2. The highest BCUT2D eigenvalue weighted by Crippen LogP contribution is 2.38. The zero-order valence-electron chi connectivity index (χ0n) is 8.03. The van der Waals surface area contributed by atoms with Crippen LogP contribution < -0.4 is 0 Å². The Morgan fingerprint density at radius 1 is 0.933 bits per heavy atom. The van der Waals surface area contributed by atoms with Crippen LogP contribution in [0.15, 0.2) is 47.4 Å². The Labute approximate surface area is 92.4 Å². The molecule has 2 aromatic carbocycles. The van der Waals surface area contributed by atoms with Gasteiger partial charge in [-0.15, -0.1) is 0 Å². The first-order valence-corrected chi connectivity index (χ1v) is 5.60. The van der Waals surface area contributed by atoms with Gasteiger partial charge in [0.15, 0.2) is 0 Å². The second kappa shape index (κ2) is 3.38. The van der Waals surface area contributed by atoms with E-state index < -0.39 is 0 Å². The largest absolute Gasteiger partial charge is 0.160 e. The van der Waals surface area contributed by atoms with Crippen LogP contribution in [-0.2, 0) is 6.42 Å². The van der Waals surface area contributed by atoms with Crippen molar-refractivity contribution in [2.75, 3.05) is 0 Å². The molecule has 0 radical (unpaired) electrons. The minimum absolute atomic E-state index is 0.314. The monoisotopic (exact) mass is 216 g/mol. The topological polar surface area (TPSA) is 0 Å². The van der Waals surface area contributed by atoms with E-state index in [-0.39, 0.29) is 0 Å². The Kier molecular flexibility index (Phi) is 2.03. The predicted octanol–water partition coefficient (Wildman–Crippen LogP) is 4.23. The van der Waals surface area contributed by atoms with Crippen LogP contribution in [0.5, 0.6) is 0 Å². The molecule has 15 heavy (non-hydrogen) atoms. The smallest absolute Gasteiger partial charge is 0.0812 e. The quantitative estimate of drug-likeness (QED) is 0.586. The van der Waals surface area contributed by atoms with Crippen LogP contribution in [0, 0.1) is 0 Å². The fourth-order valence-electron chi connectivity index (χ4n) is 2.17. The van der Waals surface area contributed by atoms with Gasteiger partial charge in [0.1, 0.15) is 0 Å². The maximum Gasteiger partial charge on any atom is 0.0812 e. The first-order chi connectivity index (χ1) is 7.38. The number of hydrogen-bond acceptors (Lipinski definition) is 1. The minimum atomic E-state index is 0.314. The van der Waals surface area contributed by atoms with Gasteiger partial charge >= 0.3 is 0 Å². The van der Waals surface area contributed by atoms with Crippen molar-refractivity contribution in [1.82, 2.24) is 0 Å².